The summed E-state index contributed by atoms with van der Waals surface area (Å²) in [7, 11) is 0. The van der Waals surface area contributed by atoms with Crippen molar-refractivity contribution < 1.29 is 40.2 Å². The molecule has 9 heteroatoms. The molecule has 0 amide bonds. The smallest absolute Gasteiger partial charge is 0.375 e. The number of rotatable bonds is 5. The number of hydrogen-bond donors (Lipinski definition) is 1. The monoisotopic (exact) mass is 352 g/mol. The van der Waals surface area contributed by atoms with Gasteiger partial charge in [-0.1, -0.05) is 31.4 Å². The lowest BCUT2D eigenvalue weighted by molar-refractivity contribution is -0.324. The van der Waals surface area contributed by atoms with Gasteiger partial charge in [-0.2, -0.15) is 35.1 Å². The molecule has 0 spiro atoms. The third kappa shape index (κ3) is 4.24. The molecule has 134 valence electrons. The second-order valence-corrected chi connectivity index (χ2v) is 5.54. The standard InChI is InChI=1S/C14H16F8O/c15-10(11(16)17)13(18,19)12(23,14(20,21)22)8-4-7-9-5-2-1-3-6-9/h4,7,9,23H,1-3,5-6,8H2. The first-order valence-electron chi connectivity index (χ1n) is 6.98. The highest BCUT2D eigenvalue weighted by atomic mass is 19.4. The van der Waals surface area contributed by atoms with Crippen LogP contribution < -0.4 is 0 Å². The van der Waals surface area contributed by atoms with E-state index in [0.29, 0.717) is 18.9 Å². The summed E-state index contributed by atoms with van der Waals surface area (Å²) in [4.78, 5) is 0. The van der Waals surface area contributed by atoms with Crippen LogP contribution in [-0.2, 0) is 0 Å². The van der Waals surface area contributed by atoms with Crippen molar-refractivity contribution in [1.29, 1.82) is 0 Å². The Hall–Kier alpha value is -1.12. The Kier molecular flexibility index (Phi) is 6.23. The fourth-order valence-electron chi connectivity index (χ4n) is 2.48. The highest BCUT2D eigenvalue weighted by Gasteiger charge is 2.71. The SMILES string of the molecule is OC(CC=CC1CCCCC1)(C(F)(F)F)C(F)(F)C(F)=C(F)F. The molecule has 0 aliphatic heterocycles. The molecule has 0 aromatic carbocycles. The predicted octanol–water partition coefficient (Wildman–Crippen LogP) is 5.52. The largest absolute Gasteiger partial charge is 0.423 e. The van der Waals surface area contributed by atoms with E-state index in [-0.39, 0.29) is 5.92 Å². The maximum atomic E-state index is 13.5. The molecule has 23 heavy (non-hydrogen) atoms. The summed E-state index contributed by atoms with van der Waals surface area (Å²) in [6, 6.07) is 0. The molecule has 1 aliphatic carbocycles. The van der Waals surface area contributed by atoms with Gasteiger partial charge >= 0.3 is 18.2 Å². The zero-order valence-electron chi connectivity index (χ0n) is 11.9. The van der Waals surface area contributed by atoms with Crippen LogP contribution in [0.2, 0.25) is 0 Å². The molecule has 0 heterocycles. The topological polar surface area (TPSA) is 20.2 Å². The van der Waals surface area contributed by atoms with Gasteiger partial charge in [-0.25, -0.2) is 0 Å². The molecule has 1 unspecified atom stereocenters. The number of alkyl halides is 5. The first-order chi connectivity index (χ1) is 10.4. The summed E-state index contributed by atoms with van der Waals surface area (Å²) >= 11 is 0. The van der Waals surface area contributed by atoms with Crippen molar-refractivity contribution in [2.75, 3.05) is 0 Å². The first-order valence-corrected chi connectivity index (χ1v) is 6.98. The van der Waals surface area contributed by atoms with Gasteiger partial charge < -0.3 is 5.11 Å². The van der Waals surface area contributed by atoms with Crippen molar-refractivity contribution >= 4 is 0 Å². The van der Waals surface area contributed by atoms with Gasteiger partial charge in [0.1, 0.15) is 0 Å². The van der Waals surface area contributed by atoms with Gasteiger partial charge in [-0.05, 0) is 18.8 Å². The fourth-order valence-corrected chi connectivity index (χ4v) is 2.48. The zero-order chi connectivity index (χ0) is 17.9. The lowest BCUT2D eigenvalue weighted by Crippen LogP contribution is -2.59. The fraction of sp³-hybridized carbons (Fsp3) is 0.714. The minimum absolute atomic E-state index is 0.131. The zero-order valence-corrected chi connectivity index (χ0v) is 11.9. The Labute approximate surface area is 127 Å². The van der Waals surface area contributed by atoms with E-state index in [1.165, 1.54) is 6.08 Å². The third-order valence-corrected chi connectivity index (χ3v) is 3.90. The molecule has 1 saturated carbocycles. The van der Waals surface area contributed by atoms with Crippen LogP contribution in [0.25, 0.3) is 0 Å². The maximum Gasteiger partial charge on any atom is 0.423 e. The van der Waals surface area contributed by atoms with Crippen LogP contribution in [0.3, 0.4) is 0 Å². The molecule has 0 aromatic heterocycles. The van der Waals surface area contributed by atoms with Crippen LogP contribution in [0.15, 0.2) is 24.1 Å². The minimum Gasteiger partial charge on any atom is -0.375 e. The second-order valence-electron chi connectivity index (χ2n) is 5.54. The molecule has 0 aromatic rings. The first kappa shape index (κ1) is 19.9. The van der Waals surface area contributed by atoms with E-state index in [2.05, 4.69) is 0 Å². The molecular weight excluding hydrogens is 336 g/mol. The van der Waals surface area contributed by atoms with Crippen molar-refractivity contribution in [3.05, 3.63) is 24.1 Å². The Balaban J connectivity index is 3.04. The summed E-state index contributed by atoms with van der Waals surface area (Å²) in [6.45, 7) is 0. The molecule has 0 saturated heterocycles. The third-order valence-electron chi connectivity index (χ3n) is 3.90. The highest BCUT2D eigenvalue weighted by Crippen LogP contribution is 2.49. The normalized spacial score (nSPS) is 20.6. The van der Waals surface area contributed by atoms with Gasteiger partial charge in [0.15, 0.2) is 0 Å². The van der Waals surface area contributed by atoms with Crippen LogP contribution in [0.5, 0.6) is 0 Å². The molecule has 1 N–H and O–H groups in total. The Morgan fingerprint density at radius 2 is 1.48 bits per heavy atom. The number of halogens is 8. The van der Waals surface area contributed by atoms with Gasteiger partial charge in [-0.15, -0.1) is 0 Å². The van der Waals surface area contributed by atoms with Gasteiger partial charge in [0.2, 0.25) is 11.4 Å². The second kappa shape index (κ2) is 7.19. The molecule has 1 atom stereocenters. The quantitative estimate of drug-likeness (QED) is 0.510. The maximum absolute atomic E-state index is 13.5. The van der Waals surface area contributed by atoms with E-state index in [1.807, 2.05) is 0 Å². The van der Waals surface area contributed by atoms with Crippen LogP contribution in [-0.4, -0.2) is 22.8 Å². The highest BCUT2D eigenvalue weighted by molar-refractivity contribution is 5.18. The van der Waals surface area contributed by atoms with Crippen molar-refractivity contribution in [3.8, 4) is 0 Å². The molecule has 1 nitrogen and oxygen atoms in total. The number of allylic oxidation sites excluding steroid dienone is 1. The molecule has 0 radical (unpaired) electrons. The Bertz CT molecular complexity index is 458. The van der Waals surface area contributed by atoms with Gasteiger partial charge in [0.25, 0.3) is 0 Å². The predicted molar refractivity (Wildman–Crippen MR) is 66.6 cm³/mol. The molecule has 1 rings (SSSR count). The summed E-state index contributed by atoms with van der Waals surface area (Å²) in [5, 5.41) is 9.29. The Morgan fingerprint density at radius 1 is 0.957 bits per heavy atom. The van der Waals surface area contributed by atoms with Crippen LogP contribution in [0, 0.1) is 5.92 Å². The van der Waals surface area contributed by atoms with E-state index in [1.54, 1.807) is 0 Å². The van der Waals surface area contributed by atoms with Gasteiger partial charge in [0, 0.05) is 6.42 Å². The van der Waals surface area contributed by atoms with Crippen molar-refractivity contribution in [2.45, 2.75) is 56.2 Å². The summed E-state index contributed by atoms with van der Waals surface area (Å²) in [5.41, 5.74) is -4.95. The van der Waals surface area contributed by atoms with Crippen molar-refractivity contribution in [3.63, 3.8) is 0 Å². The summed E-state index contributed by atoms with van der Waals surface area (Å²) in [6.07, 6.45) is -5.50. The van der Waals surface area contributed by atoms with E-state index in [4.69, 9.17) is 0 Å². The Morgan fingerprint density at radius 3 is 1.91 bits per heavy atom. The lowest BCUT2D eigenvalue weighted by Gasteiger charge is -2.35. The van der Waals surface area contributed by atoms with Crippen molar-refractivity contribution in [1.82, 2.24) is 0 Å². The molecular formula is C14H16F8O. The summed E-state index contributed by atoms with van der Waals surface area (Å²) in [5.74, 6) is -9.50. The van der Waals surface area contributed by atoms with Gasteiger partial charge in [0.05, 0.1) is 0 Å². The lowest BCUT2D eigenvalue weighted by atomic mass is 9.86. The molecule has 1 fully saturated rings. The van der Waals surface area contributed by atoms with E-state index < -0.39 is 36.0 Å². The van der Waals surface area contributed by atoms with Crippen LogP contribution >= 0.6 is 0 Å². The van der Waals surface area contributed by atoms with E-state index in [9.17, 15) is 40.2 Å². The van der Waals surface area contributed by atoms with E-state index in [0.717, 1.165) is 19.3 Å². The average molecular weight is 352 g/mol. The molecule has 1 aliphatic rings. The number of hydrogen-bond acceptors (Lipinski definition) is 1. The van der Waals surface area contributed by atoms with E-state index >= 15 is 0 Å². The minimum atomic E-state index is -6.00. The summed E-state index contributed by atoms with van der Waals surface area (Å²) < 4.78 is 102. The van der Waals surface area contributed by atoms with Crippen LogP contribution in [0.1, 0.15) is 38.5 Å². The van der Waals surface area contributed by atoms with Crippen LogP contribution in [0.4, 0.5) is 35.1 Å². The average Bonchev–Trinajstić information content (AvgIpc) is 2.45. The van der Waals surface area contributed by atoms with Crippen molar-refractivity contribution in [2.24, 2.45) is 5.92 Å². The van der Waals surface area contributed by atoms with Gasteiger partial charge in [-0.3, -0.25) is 0 Å². The molecule has 0 bridgehead atoms. The number of aliphatic hydroxyl groups is 1.